The number of hydrogen-bond donors (Lipinski definition) is 2. The number of benzene rings is 1. The van der Waals surface area contributed by atoms with Crippen LogP contribution in [0.4, 0.5) is 11.4 Å². The molecule has 1 aromatic heterocycles. The number of rotatable bonds is 5. The van der Waals surface area contributed by atoms with E-state index in [-0.39, 0.29) is 0 Å². The summed E-state index contributed by atoms with van der Waals surface area (Å²) in [4.78, 5) is 15.7. The van der Waals surface area contributed by atoms with E-state index in [0.717, 1.165) is 4.90 Å². The van der Waals surface area contributed by atoms with E-state index in [1.807, 2.05) is 12.1 Å². The van der Waals surface area contributed by atoms with Gasteiger partial charge in [0.1, 0.15) is 10.8 Å². The summed E-state index contributed by atoms with van der Waals surface area (Å²) in [6, 6.07) is 8.97. The van der Waals surface area contributed by atoms with Crippen LogP contribution < -0.4 is 15.8 Å². The highest BCUT2D eigenvalue weighted by molar-refractivity contribution is 7.99. The third-order valence-corrected chi connectivity index (χ3v) is 3.52. The Bertz CT molecular complexity index is 590. The van der Waals surface area contributed by atoms with Crippen molar-refractivity contribution in [3.05, 3.63) is 36.5 Å². The van der Waals surface area contributed by atoms with E-state index in [4.69, 9.17) is 10.5 Å². The van der Waals surface area contributed by atoms with Gasteiger partial charge in [0.15, 0.2) is 0 Å². The number of hydrogen-bond acceptors (Lipinski definition) is 5. The maximum Gasteiger partial charge on any atom is 0.211 e. The van der Waals surface area contributed by atoms with Crippen molar-refractivity contribution in [2.75, 3.05) is 18.2 Å². The molecule has 0 bridgehead atoms. The zero-order valence-electron chi connectivity index (χ0n) is 10.3. The molecule has 0 fully saturated rings. The van der Waals surface area contributed by atoms with Crippen LogP contribution in [-0.4, -0.2) is 18.5 Å². The van der Waals surface area contributed by atoms with Crippen molar-refractivity contribution < 1.29 is 9.53 Å². The van der Waals surface area contributed by atoms with Crippen molar-refractivity contribution in [1.29, 1.82) is 0 Å². The lowest BCUT2D eigenvalue weighted by Gasteiger charge is -2.10. The van der Waals surface area contributed by atoms with Crippen molar-refractivity contribution in [2.45, 2.75) is 9.92 Å². The molecular formula is C13H13N3O2S. The molecule has 0 aliphatic heterocycles. The second-order valence-corrected chi connectivity index (χ2v) is 4.65. The fourth-order valence-electron chi connectivity index (χ4n) is 1.49. The van der Waals surface area contributed by atoms with Gasteiger partial charge in [-0.15, -0.1) is 0 Å². The molecule has 1 heterocycles. The van der Waals surface area contributed by atoms with E-state index in [0.29, 0.717) is 28.6 Å². The third-order valence-electron chi connectivity index (χ3n) is 2.41. The van der Waals surface area contributed by atoms with Crippen LogP contribution >= 0.6 is 11.8 Å². The Balaban J connectivity index is 2.34. The summed E-state index contributed by atoms with van der Waals surface area (Å²) in [5, 5.41) is 3.34. The summed E-state index contributed by atoms with van der Waals surface area (Å²) in [5.74, 6) is 0.669. The molecule has 2 rings (SSSR count). The Labute approximate surface area is 115 Å². The number of aromatic nitrogens is 1. The zero-order valence-corrected chi connectivity index (χ0v) is 11.1. The van der Waals surface area contributed by atoms with Gasteiger partial charge in [-0.05, 0) is 24.3 Å². The maximum atomic E-state index is 10.6. The lowest BCUT2D eigenvalue weighted by atomic mass is 10.3. The number of methoxy groups -OCH3 is 1. The van der Waals surface area contributed by atoms with E-state index >= 15 is 0 Å². The molecule has 1 aromatic carbocycles. The molecule has 1 amide bonds. The van der Waals surface area contributed by atoms with Gasteiger partial charge in [-0.2, -0.15) is 0 Å². The average molecular weight is 275 g/mol. The minimum atomic E-state index is 0.598. The summed E-state index contributed by atoms with van der Waals surface area (Å²) in [6.45, 7) is 0. The largest absolute Gasteiger partial charge is 0.497 e. The first-order valence-corrected chi connectivity index (χ1v) is 6.33. The van der Waals surface area contributed by atoms with E-state index in [1.54, 1.807) is 31.5 Å². The molecule has 98 valence electrons. The Kier molecular flexibility index (Phi) is 4.25. The average Bonchev–Trinajstić information content (AvgIpc) is 2.43. The zero-order chi connectivity index (χ0) is 13.7. The number of nitrogens with one attached hydrogen (secondary N) is 1. The maximum absolute atomic E-state index is 10.6. The van der Waals surface area contributed by atoms with Crippen molar-refractivity contribution in [2.24, 2.45) is 0 Å². The normalized spacial score (nSPS) is 9.95. The first-order chi connectivity index (χ1) is 9.24. The minimum Gasteiger partial charge on any atom is -0.497 e. The van der Waals surface area contributed by atoms with Crippen LogP contribution in [0.2, 0.25) is 0 Å². The number of ether oxygens (including phenoxy) is 1. The van der Waals surface area contributed by atoms with Gasteiger partial charge in [0.2, 0.25) is 6.41 Å². The number of pyridine rings is 1. The van der Waals surface area contributed by atoms with Crippen LogP contribution in [0.25, 0.3) is 0 Å². The van der Waals surface area contributed by atoms with Gasteiger partial charge in [0.05, 0.1) is 18.5 Å². The molecule has 3 N–H and O–H groups in total. The Morgan fingerprint density at radius 1 is 1.42 bits per heavy atom. The number of nitrogens with zero attached hydrogens (tertiary/aromatic N) is 1. The van der Waals surface area contributed by atoms with Gasteiger partial charge in [0.25, 0.3) is 0 Å². The van der Waals surface area contributed by atoms with Crippen LogP contribution in [0.5, 0.6) is 5.75 Å². The molecule has 0 saturated heterocycles. The quantitative estimate of drug-likeness (QED) is 0.819. The second-order valence-electron chi connectivity index (χ2n) is 3.62. The van der Waals surface area contributed by atoms with Crippen LogP contribution in [-0.2, 0) is 4.79 Å². The topological polar surface area (TPSA) is 77.2 Å². The molecule has 0 radical (unpaired) electrons. The summed E-state index contributed by atoms with van der Waals surface area (Å²) in [7, 11) is 1.57. The summed E-state index contributed by atoms with van der Waals surface area (Å²) < 4.78 is 5.12. The van der Waals surface area contributed by atoms with E-state index < -0.39 is 0 Å². The Hall–Kier alpha value is -2.21. The van der Waals surface area contributed by atoms with Crippen molar-refractivity contribution in [3.8, 4) is 5.75 Å². The molecule has 0 saturated carbocycles. The van der Waals surface area contributed by atoms with Gasteiger partial charge < -0.3 is 15.8 Å². The molecule has 2 aromatic rings. The van der Waals surface area contributed by atoms with Gasteiger partial charge in [0, 0.05) is 17.2 Å². The summed E-state index contributed by atoms with van der Waals surface area (Å²) >= 11 is 1.39. The highest BCUT2D eigenvalue weighted by Crippen LogP contribution is 2.36. The van der Waals surface area contributed by atoms with Gasteiger partial charge in [-0.25, -0.2) is 4.98 Å². The van der Waals surface area contributed by atoms with Crippen molar-refractivity contribution in [3.63, 3.8) is 0 Å². The monoisotopic (exact) mass is 275 g/mol. The third kappa shape index (κ3) is 3.17. The first-order valence-electron chi connectivity index (χ1n) is 5.51. The fraction of sp³-hybridized carbons (Fsp3) is 0.0769. The standard InChI is InChI=1S/C13H13N3O2S/c1-18-9-4-5-12(11(7-9)16-8-17)19-13-10(14)3-2-6-15-13/h2-8H,14H2,1H3,(H,16,17). The summed E-state index contributed by atoms with van der Waals surface area (Å²) in [5.41, 5.74) is 7.10. The predicted octanol–water partition coefficient (Wildman–Crippen LogP) is 2.39. The van der Waals surface area contributed by atoms with Crippen LogP contribution in [0.3, 0.4) is 0 Å². The molecule has 19 heavy (non-hydrogen) atoms. The highest BCUT2D eigenvalue weighted by atomic mass is 32.2. The Morgan fingerprint density at radius 2 is 2.26 bits per heavy atom. The minimum absolute atomic E-state index is 0.598. The molecule has 0 atom stereocenters. The molecule has 5 nitrogen and oxygen atoms in total. The van der Waals surface area contributed by atoms with Crippen molar-refractivity contribution in [1.82, 2.24) is 4.98 Å². The number of amides is 1. The number of anilines is 2. The SMILES string of the molecule is COc1ccc(Sc2ncccc2N)c(NC=O)c1. The lowest BCUT2D eigenvalue weighted by molar-refractivity contribution is -0.105. The molecule has 0 spiro atoms. The molecular weight excluding hydrogens is 262 g/mol. The molecule has 6 heteroatoms. The van der Waals surface area contributed by atoms with E-state index in [2.05, 4.69) is 10.3 Å². The van der Waals surface area contributed by atoms with E-state index in [9.17, 15) is 4.79 Å². The van der Waals surface area contributed by atoms with Gasteiger partial charge in [-0.1, -0.05) is 11.8 Å². The van der Waals surface area contributed by atoms with Crippen molar-refractivity contribution >= 4 is 29.5 Å². The van der Waals surface area contributed by atoms with Crippen LogP contribution in [0, 0.1) is 0 Å². The first kappa shape index (κ1) is 13.2. The smallest absolute Gasteiger partial charge is 0.211 e. The van der Waals surface area contributed by atoms with E-state index in [1.165, 1.54) is 11.8 Å². The molecule has 0 aliphatic rings. The number of nitrogens with two attached hydrogens (primary N) is 1. The van der Waals surface area contributed by atoms with Crippen LogP contribution in [0.1, 0.15) is 0 Å². The Morgan fingerprint density at radius 3 is 2.95 bits per heavy atom. The summed E-state index contributed by atoms with van der Waals surface area (Å²) in [6.07, 6.45) is 2.30. The number of carbonyl (C=O) groups is 1. The predicted molar refractivity (Wildman–Crippen MR) is 75.5 cm³/mol. The number of carbonyl (C=O) groups excluding carboxylic acids is 1. The lowest BCUT2D eigenvalue weighted by Crippen LogP contribution is -1.97. The molecule has 0 unspecified atom stereocenters. The van der Waals surface area contributed by atoms with Gasteiger partial charge >= 0.3 is 0 Å². The molecule has 0 aliphatic carbocycles. The fourth-order valence-corrected chi connectivity index (χ4v) is 2.37. The highest BCUT2D eigenvalue weighted by Gasteiger charge is 2.08. The van der Waals surface area contributed by atoms with Crippen LogP contribution in [0.15, 0.2) is 46.5 Å². The number of nitrogen functional groups attached to an aromatic ring is 1. The second kappa shape index (κ2) is 6.10. The van der Waals surface area contributed by atoms with Gasteiger partial charge in [-0.3, -0.25) is 4.79 Å².